The normalized spacial score (nSPS) is 11.1. The van der Waals surface area contributed by atoms with Crippen LogP contribution < -0.4 is 14.8 Å². The van der Waals surface area contributed by atoms with Crippen LogP contribution in [0, 0.1) is 0 Å². The number of amides is 1. The van der Waals surface area contributed by atoms with Crippen LogP contribution in [0.15, 0.2) is 42.5 Å². The van der Waals surface area contributed by atoms with Crippen molar-refractivity contribution in [2.45, 2.75) is 20.0 Å². The number of carbonyl (C=O) groups excluding carboxylic acids is 1. The summed E-state index contributed by atoms with van der Waals surface area (Å²) >= 11 is 0. The van der Waals surface area contributed by atoms with Crippen LogP contribution in [0.25, 0.3) is 0 Å². The van der Waals surface area contributed by atoms with Gasteiger partial charge in [0.2, 0.25) is 0 Å². The highest BCUT2D eigenvalue weighted by atomic mass is 19.4. The highest BCUT2D eigenvalue weighted by Crippen LogP contribution is 2.31. The van der Waals surface area contributed by atoms with Gasteiger partial charge < -0.3 is 14.8 Å². The summed E-state index contributed by atoms with van der Waals surface area (Å²) in [7, 11) is 0. The molecule has 7 heteroatoms. The fourth-order valence-corrected chi connectivity index (χ4v) is 2.17. The van der Waals surface area contributed by atoms with Crippen LogP contribution in [0.4, 0.5) is 18.9 Å². The Morgan fingerprint density at radius 2 is 1.68 bits per heavy atom. The van der Waals surface area contributed by atoms with E-state index in [-0.39, 0.29) is 11.3 Å². The van der Waals surface area contributed by atoms with Gasteiger partial charge in [-0.1, -0.05) is 6.07 Å². The van der Waals surface area contributed by atoms with Crippen LogP contribution in [-0.4, -0.2) is 19.1 Å². The molecule has 0 heterocycles. The first kappa shape index (κ1) is 18.6. The lowest BCUT2D eigenvalue weighted by molar-refractivity contribution is -0.137. The number of carbonyl (C=O) groups is 1. The molecule has 0 aliphatic carbocycles. The first-order valence-corrected chi connectivity index (χ1v) is 7.73. The van der Waals surface area contributed by atoms with Gasteiger partial charge in [-0.15, -0.1) is 0 Å². The Kier molecular flexibility index (Phi) is 5.90. The van der Waals surface area contributed by atoms with Crippen LogP contribution in [-0.2, 0) is 6.18 Å². The van der Waals surface area contributed by atoms with E-state index in [9.17, 15) is 18.0 Å². The van der Waals surface area contributed by atoms with E-state index >= 15 is 0 Å². The maximum atomic E-state index is 12.7. The van der Waals surface area contributed by atoms with Crippen molar-refractivity contribution in [3.05, 3.63) is 53.6 Å². The highest BCUT2D eigenvalue weighted by molar-refractivity contribution is 6.04. The van der Waals surface area contributed by atoms with Crippen molar-refractivity contribution in [1.29, 1.82) is 0 Å². The quantitative estimate of drug-likeness (QED) is 0.815. The minimum absolute atomic E-state index is 0.0617. The van der Waals surface area contributed by atoms with Crippen molar-refractivity contribution in [3.8, 4) is 11.5 Å². The van der Waals surface area contributed by atoms with Crippen molar-refractivity contribution >= 4 is 11.6 Å². The molecule has 0 spiro atoms. The van der Waals surface area contributed by atoms with Crippen molar-refractivity contribution in [2.75, 3.05) is 18.5 Å². The molecule has 134 valence electrons. The van der Waals surface area contributed by atoms with Gasteiger partial charge in [0.1, 0.15) is 0 Å². The third kappa shape index (κ3) is 4.89. The lowest BCUT2D eigenvalue weighted by Gasteiger charge is -2.13. The molecule has 4 nitrogen and oxygen atoms in total. The fraction of sp³-hybridized carbons (Fsp3) is 0.278. The molecule has 0 saturated heterocycles. The average Bonchev–Trinajstić information content (AvgIpc) is 2.56. The SMILES string of the molecule is CCOc1ccc(C(=O)Nc2cccc(C(F)(F)F)c2)cc1OCC. The topological polar surface area (TPSA) is 47.6 Å². The standard InChI is InChI=1S/C18H18F3NO3/c1-3-24-15-9-8-12(10-16(15)25-4-2)17(23)22-14-7-5-6-13(11-14)18(19,20)21/h5-11H,3-4H2,1-2H3,(H,22,23). The van der Waals surface area contributed by atoms with E-state index in [1.54, 1.807) is 13.0 Å². The summed E-state index contributed by atoms with van der Waals surface area (Å²) in [6.07, 6.45) is -4.47. The lowest BCUT2D eigenvalue weighted by Crippen LogP contribution is -2.13. The summed E-state index contributed by atoms with van der Waals surface area (Å²) in [5.74, 6) is 0.365. The predicted molar refractivity (Wildman–Crippen MR) is 88.2 cm³/mol. The van der Waals surface area contributed by atoms with Gasteiger partial charge >= 0.3 is 6.18 Å². The van der Waals surface area contributed by atoms with Crippen LogP contribution in [0.2, 0.25) is 0 Å². The molecular formula is C18H18F3NO3. The molecular weight excluding hydrogens is 335 g/mol. The molecule has 0 aliphatic heterocycles. The Bertz CT molecular complexity index is 745. The van der Waals surface area contributed by atoms with Gasteiger partial charge in [0.15, 0.2) is 11.5 Å². The average molecular weight is 353 g/mol. The van der Waals surface area contributed by atoms with Gasteiger partial charge in [-0.2, -0.15) is 13.2 Å². The molecule has 0 saturated carbocycles. The second kappa shape index (κ2) is 7.92. The predicted octanol–water partition coefficient (Wildman–Crippen LogP) is 4.76. The number of halogens is 3. The Hall–Kier alpha value is -2.70. The molecule has 0 fully saturated rings. The first-order valence-electron chi connectivity index (χ1n) is 7.73. The zero-order valence-corrected chi connectivity index (χ0v) is 13.8. The van der Waals surface area contributed by atoms with Crippen molar-refractivity contribution in [3.63, 3.8) is 0 Å². The summed E-state index contributed by atoms with van der Waals surface area (Å²) in [6.45, 7) is 4.45. The van der Waals surface area contributed by atoms with Gasteiger partial charge in [-0.25, -0.2) is 0 Å². The maximum absolute atomic E-state index is 12.7. The van der Waals surface area contributed by atoms with E-state index in [2.05, 4.69) is 5.32 Å². The van der Waals surface area contributed by atoms with E-state index in [1.807, 2.05) is 6.92 Å². The van der Waals surface area contributed by atoms with Crippen LogP contribution in [0.3, 0.4) is 0 Å². The summed E-state index contributed by atoms with van der Waals surface area (Å²) in [6, 6.07) is 9.08. The van der Waals surface area contributed by atoms with Crippen LogP contribution in [0.1, 0.15) is 29.8 Å². The van der Waals surface area contributed by atoms with E-state index < -0.39 is 17.6 Å². The summed E-state index contributed by atoms with van der Waals surface area (Å²) in [5, 5.41) is 2.46. The fourth-order valence-electron chi connectivity index (χ4n) is 2.17. The molecule has 0 radical (unpaired) electrons. The van der Waals surface area contributed by atoms with Gasteiger partial charge in [0.05, 0.1) is 18.8 Å². The molecule has 0 aliphatic rings. The van der Waals surface area contributed by atoms with E-state index in [1.165, 1.54) is 24.3 Å². The van der Waals surface area contributed by atoms with Gasteiger partial charge in [0.25, 0.3) is 5.91 Å². The third-order valence-corrected chi connectivity index (χ3v) is 3.25. The number of rotatable bonds is 6. The number of ether oxygens (including phenoxy) is 2. The molecule has 0 bridgehead atoms. The molecule has 25 heavy (non-hydrogen) atoms. The van der Waals surface area contributed by atoms with E-state index in [4.69, 9.17) is 9.47 Å². The molecule has 0 unspecified atom stereocenters. The minimum atomic E-state index is -4.47. The Balaban J connectivity index is 2.22. The Morgan fingerprint density at radius 3 is 2.32 bits per heavy atom. The zero-order chi connectivity index (χ0) is 18.4. The van der Waals surface area contributed by atoms with Gasteiger partial charge in [-0.3, -0.25) is 4.79 Å². The van der Waals surface area contributed by atoms with Crippen molar-refractivity contribution < 1.29 is 27.4 Å². The molecule has 0 aromatic heterocycles. The van der Waals surface area contributed by atoms with E-state index in [0.717, 1.165) is 12.1 Å². The number of nitrogens with one attached hydrogen (secondary N) is 1. The molecule has 0 atom stereocenters. The Morgan fingerprint density at radius 1 is 1.00 bits per heavy atom. The molecule has 1 N–H and O–H groups in total. The smallest absolute Gasteiger partial charge is 0.416 e. The first-order chi connectivity index (χ1) is 11.8. The number of hydrogen-bond acceptors (Lipinski definition) is 3. The third-order valence-electron chi connectivity index (χ3n) is 3.25. The second-order valence-electron chi connectivity index (χ2n) is 5.06. The van der Waals surface area contributed by atoms with E-state index in [0.29, 0.717) is 24.7 Å². The summed E-state index contributed by atoms with van der Waals surface area (Å²) in [4.78, 5) is 12.3. The second-order valence-corrected chi connectivity index (χ2v) is 5.06. The molecule has 2 aromatic carbocycles. The highest BCUT2D eigenvalue weighted by Gasteiger charge is 2.30. The summed E-state index contributed by atoms with van der Waals surface area (Å²) in [5.41, 5.74) is -0.511. The molecule has 1 amide bonds. The van der Waals surface area contributed by atoms with Crippen molar-refractivity contribution in [2.24, 2.45) is 0 Å². The van der Waals surface area contributed by atoms with Crippen molar-refractivity contribution in [1.82, 2.24) is 0 Å². The molecule has 2 aromatic rings. The number of anilines is 1. The van der Waals surface area contributed by atoms with Crippen LogP contribution >= 0.6 is 0 Å². The largest absolute Gasteiger partial charge is 0.490 e. The lowest BCUT2D eigenvalue weighted by atomic mass is 10.1. The number of hydrogen-bond donors (Lipinski definition) is 1. The maximum Gasteiger partial charge on any atom is 0.416 e. The molecule has 2 rings (SSSR count). The Labute approximate surface area is 143 Å². The summed E-state index contributed by atoms with van der Waals surface area (Å²) < 4.78 is 49.1. The van der Waals surface area contributed by atoms with Crippen LogP contribution in [0.5, 0.6) is 11.5 Å². The number of benzene rings is 2. The zero-order valence-electron chi connectivity index (χ0n) is 13.8. The minimum Gasteiger partial charge on any atom is -0.490 e. The van der Waals surface area contributed by atoms with Gasteiger partial charge in [-0.05, 0) is 50.2 Å². The van der Waals surface area contributed by atoms with Gasteiger partial charge in [0, 0.05) is 11.3 Å². The monoisotopic (exact) mass is 353 g/mol. The number of alkyl halides is 3.